The molecule has 0 aliphatic rings. The van der Waals surface area contributed by atoms with E-state index in [-0.39, 0.29) is 11.4 Å². The van der Waals surface area contributed by atoms with Crippen molar-refractivity contribution < 1.29 is 8.42 Å². The van der Waals surface area contributed by atoms with Crippen molar-refractivity contribution in [1.82, 2.24) is 4.31 Å². The molecule has 0 saturated carbocycles. The molecule has 0 amide bonds. The minimum atomic E-state index is -3.50. The zero-order valence-electron chi connectivity index (χ0n) is 10.9. The molecule has 18 heavy (non-hydrogen) atoms. The Balaban J connectivity index is 3.22. The summed E-state index contributed by atoms with van der Waals surface area (Å²) in [6.07, 6.45) is 0. The topological polar surface area (TPSA) is 63.4 Å². The second-order valence-corrected chi connectivity index (χ2v) is 6.11. The SMILES string of the molecule is C=C(C)CN(CC)S(=O)(=O)c1ccccc1CN. The van der Waals surface area contributed by atoms with Crippen LogP contribution in [0.3, 0.4) is 0 Å². The third-order valence-corrected chi connectivity index (χ3v) is 4.63. The molecule has 0 bridgehead atoms. The van der Waals surface area contributed by atoms with Crippen LogP contribution >= 0.6 is 0 Å². The Morgan fingerprint density at radius 2 is 2.00 bits per heavy atom. The van der Waals surface area contributed by atoms with Gasteiger partial charge in [0.2, 0.25) is 10.0 Å². The van der Waals surface area contributed by atoms with Gasteiger partial charge in [-0.05, 0) is 18.6 Å². The van der Waals surface area contributed by atoms with Crippen molar-refractivity contribution >= 4 is 10.0 Å². The van der Waals surface area contributed by atoms with E-state index >= 15 is 0 Å². The van der Waals surface area contributed by atoms with Crippen molar-refractivity contribution in [2.24, 2.45) is 5.73 Å². The third kappa shape index (κ3) is 3.19. The van der Waals surface area contributed by atoms with Crippen molar-refractivity contribution in [2.75, 3.05) is 13.1 Å². The minimum absolute atomic E-state index is 0.208. The van der Waals surface area contributed by atoms with Crippen molar-refractivity contribution in [2.45, 2.75) is 25.3 Å². The van der Waals surface area contributed by atoms with Gasteiger partial charge in [-0.15, -0.1) is 0 Å². The van der Waals surface area contributed by atoms with Crippen LogP contribution in [0.15, 0.2) is 41.3 Å². The molecule has 0 atom stereocenters. The highest BCUT2D eigenvalue weighted by Crippen LogP contribution is 2.20. The van der Waals surface area contributed by atoms with Gasteiger partial charge < -0.3 is 5.73 Å². The summed E-state index contributed by atoms with van der Waals surface area (Å²) in [6, 6.07) is 6.83. The Morgan fingerprint density at radius 1 is 1.39 bits per heavy atom. The van der Waals surface area contributed by atoms with E-state index in [2.05, 4.69) is 6.58 Å². The summed E-state index contributed by atoms with van der Waals surface area (Å²) in [4.78, 5) is 0.288. The number of benzene rings is 1. The quantitative estimate of drug-likeness (QED) is 0.799. The Kier molecular flexibility index (Phi) is 5.07. The number of hydrogen-bond acceptors (Lipinski definition) is 3. The molecule has 4 nitrogen and oxygen atoms in total. The molecule has 0 fully saturated rings. The van der Waals surface area contributed by atoms with Crippen LogP contribution < -0.4 is 5.73 Å². The summed E-state index contributed by atoms with van der Waals surface area (Å²) in [7, 11) is -3.50. The van der Waals surface area contributed by atoms with E-state index in [1.807, 2.05) is 13.8 Å². The molecular weight excluding hydrogens is 248 g/mol. The normalized spacial score (nSPS) is 11.8. The Labute approximate surface area is 109 Å². The Morgan fingerprint density at radius 3 is 2.50 bits per heavy atom. The number of rotatable bonds is 6. The van der Waals surface area contributed by atoms with Gasteiger partial charge in [-0.25, -0.2) is 8.42 Å². The monoisotopic (exact) mass is 268 g/mol. The van der Waals surface area contributed by atoms with Gasteiger partial charge in [0.25, 0.3) is 0 Å². The van der Waals surface area contributed by atoms with Crippen LogP contribution in [0.5, 0.6) is 0 Å². The van der Waals surface area contributed by atoms with Crippen molar-refractivity contribution in [3.63, 3.8) is 0 Å². The molecule has 0 aliphatic heterocycles. The van der Waals surface area contributed by atoms with Crippen LogP contribution in [-0.4, -0.2) is 25.8 Å². The highest BCUT2D eigenvalue weighted by atomic mass is 32.2. The van der Waals surface area contributed by atoms with Crippen LogP contribution in [-0.2, 0) is 16.6 Å². The summed E-state index contributed by atoms with van der Waals surface area (Å²) in [5, 5.41) is 0. The first-order chi connectivity index (χ1) is 8.43. The van der Waals surface area contributed by atoms with Crippen LogP contribution in [0.1, 0.15) is 19.4 Å². The average molecular weight is 268 g/mol. The van der Waals surface area contributed by atoms with Gasteiger partial charge >= 0.3 is 0 Å². The smallest absolute Gasteiger partial charge is 0.243 e. The number of sulfonamides is 1. The van der Waals surface area contributed by atoms with E-state index < -0.39 is 10.0 Å². The molecule has 1 rings (SSSR count). The van der Waals surface area contributed by atoms with Gasteiger partial charge in [0, 0.05) is 19.6 Å². The fraction of sp³-hybridized carbons (Fsp3) is 0.385. The van der Waals surface area contributed by atoms with Crippen molar-refractivity contribution in [3.8, 4) is 0 Å². The molecule has 0 unspecified atom stereocenters. The third-order valence-electron chi connectivity index (χ3n) is 2.61. The molecule has 5 heteroatoms. The first-order valence-electron chi connectivity index (χ1n) is 5.86. The maximum atomic E-state index is 12.5. The van der Waals surface area contributed by atoms with Crippen LogP contribution in [0.2, 0.25) is 0 Å². The summed E-state index contributed by atoms with van der Waals surface area (Å²) < 4.78 is 26.4. The standard InChI is InChI=1S/C13H20N2O2S/c1-4-15(10-11(2)3)18(16,17)13-8-6-5-7-12(13)9-14/h5-8H,2,4,9-10,14H2,1,3H3. The van der Waals surface area contributed by atoms with E-state index in [4.69, 9.17) is 5.73 Å². The molecule has 1 aromatic rings. The summed E-state index contributed by atoms with van der Waals surface area (Å²) in [5.74, 6) is 0. The first kappa shape index (κ1) is 14.9. The lowest BCUT2D eigenvalue weighted by atomic mass is 10.2. The summed E-state index contributed by atoms with van der Waals surface area (Å²) >= 11 is 0. The highest BCUT2D eigenvalue weighted by Gasteiger charge is 2.24. The molecule has 0 saturated heterocycles. The molecule has 0 heterocycles. The fourth-order valence-corrected chi connectivity index (χ4v) is 3.47. The molecule has 0 radical (unpaired) electrons. The first-order valence-corrected chi connectivity index (χ1v) is 7.30. The number of nitrogens with two attached hydrogens (primary N) is 1. The number of hydrogen-bond donors (Lipinski definition) is 1. The molecule has 1 aromatic carbocycles. The second kappa shape index (κ2) is 6.13. The fourth-order valence-electron chi connectivity index (χ4n) is 1.73. The van der Waals surface area contributed by atoms with Crippen LogP contribution in [0.25, 0.3) is 0 Å². The molecule has 0 aliphatic carbocycles. The minimum Gasteiger partial charge on any atom is -0.326 e. The van der Waals surface area contributed by atoms with Gasteiger partial charge in [-0.2, -0.15) is 4.31 Å². The van der Waals surface area contributed by atoms with E-state index in [0.717, 1.165) is 5.57 Å². The van der Waals surface area contributed by atoms with Gasteiger partial charge in [0.05, 0.1) is 4.90 Å². The average Bonchev–Trinajstić information content (AvgIpc) is 2.35. The van der Waals surface area contributed by atoms with Gasteiger partial charge in [0.1, 0.15) is 0 Å². The van der Waals surface area contributed by atoms with E-state index in [1.165, 1.54) is 4.31 Å². The van der Waals surface area contributed by atoms with Gasteiger partial charge in [-0.1, -0.05) is 37.3 Å². The molecule has 100 valence electrons. The van der Waals surface area contributed by atoms with Crippen molar-refractivity contribution in [3.05, 3.63) is 42.0 Å². The van der Waals surface area contributed by atoms with E-state index in [9.17, 15) is 8.42 Å². The Bertz CT molecular complexity index is 524. The predicted molar refractivity (Wildman–Crippen MR) is 73.6 cm³/mol. The zero-order chi connectivity index (χ0) is 13.8. The number of likely N-dealkylation sites (N-methyl/N-ethyl adjacent to an activating group) is 1. The highest BCUT2D eigenvalue weighted by molar-refractivity contribution is 7.89. The lowest BCUT2D eigenvalue weighted by Gasteiger charge is -2.21. The van der Waals surface area contributed by atoms with Crippen LogP contribution in [0, 0.1) is 0 Å². The maximum absolute atomic E-state index is 12.5. The predicted octanol–water partition coefficient (Wildman–Crippen LogP) is 1.73. The lowest BCUT2D eigenvalue weighted by molar-refractivity contribution is 0.452. The van der Waals surface area contributed by atoms with Gasteiger partial charge in [-0.3, -0.25) is 0 Å². The zero-order valence-corrected chi connectivity index (χ0v) is 11.7. The largest absolute Gasteiger partial charge is 0.326 e. The molecular formula is C13H20N2O2S. The Hall–Kier alpha value is -1.17. The van der Waals surface area contributed by atoms with E-state index in [0.29, 0.717) is 18.7 Å². The molecule has 0 aromatic heterocycles. The number of nitrogens with zero attached hydrogens (tertiary/aromatic N) is 1. The van der Waals surface area contributed by atoms with Gasteiger partial charge in [0.15, 0.2) is 0 Å². The molecule has 2 N–H and O–H groups in total. The van der Waals surface area contributed by atoms with Crippen LogP contribution in [0.4, 0.5) is 0 Å². The van der Waals surface area contributed by atoms with E-state index in [1.54, 1.807) is 24.3 Å². The second-order valence-electron chi connectivity index (χ2n) is 4.20. The van der Waals surface area contributed by atoms with Crippen molar-refractivity contribution in [1.29, 1.82) is 0 Å². The maximum Gasteiger partial charge on any atom is 0.243 e. The summed E-state index contributed by atoms with van der Waals surface area (Å²) in [6.45, 7) is 8.34. The lowest BCUT2D eigenvalue weighted by Crippen LogP contribution is -2.33. The summed E-state index contributed by atoms with van der Waals surface area (Å²) in [5.41, 5.74) is 7.04. The molecule has 0 spiro atoms.